The second-order valence-corrected chi connectivity index (χ2v) is 5.63. The Morgan fingerprint density at radius 2 is 1.27 bits per heavy atom. The van der Waals surface area contributed by atoms with Gasteiger partial charge in [0, 0.05) is 0 Å². The van der Waals surface area contributed by atoms with E-state index in [-0.39, 0.29) is 9.74 Å². The molecule has 3 aliphatic rings. The first-order chi connectivity index (χ1) is 5.33. The van der Waals surface area contributed by atoms with Crippen LogP contribution in [0.15, 0.2) is 10.2 Å². The average Bonchev–Trinajstić information content (AvgIpc) is 2.23. The Bertz CT molecular complexity index is 194. The monoisotopic (exact) mass is 168 g/mol. The fraction of sp³-hybridized carbons (Fsp3) is 1.00. The molecule has 0 aromatic carbocycles. The molecule has 0 bridgehead atoms. The summed E-state index contributed by atoms with van der Waals surface area (Å²) in [5, 5.41) is 8.87. The van der Waals surface area contributed by atoms with Crippen LogP contribution in [-0.4, -0.2) is 9.74 Å². The third-order valence-corrected chi connectivity index (χ3v) is 4.80. The second-order valence-electron chi connectivity index (χ2n) is 3.90. The molecule has 0 radical (unpaired) electrons. The highest BCUT2D eigenvalue weighted by Crippen LogP contribution is 2.61. The van der Waals surface area contributed by atoms with Gasteiger partial charge in [0.05, 0.1) is 0 Å². The van der Waals surface area contributed by atoms with Crippen LogP contribution < -0.4 is 0 Å². The van der Waals surface area contributed by atoms with E-state index in [0.29, 0.717) is 0 Å². The van der Waals surface area contributed by atoms with Crippen molar-refractivity contribution in [2.24, 2.45) is 10.2 Å². The van der Waals surface area contributed by atoms with Crippen LogP contribution >= 0.6 is 11.8 Å². The number of rotatable bonds is 0. The van der Waals surface area contributed by atoms with Gasteiger partial charge < -0.3 is 0 Å². The summed E-state index contributed by atoms with van der Waals surface area (Å²) in [7, 11) is 0. The van der Waals surface area contributed by atoms with Crippen LogP contribution in [0.3, 0.4) is 0 Å². The Balaban J connectivity index is 1.82. The molecule has 2 fully saturated rings. The van der Waals surface area contributed by atoms with Gasteiger partial charge in [0.1, 0.15) is 9.74 Å². The number of hydrogen-bond acceptors (Lipinski definition) is 3. The highest BCUT2D eigenvalue weighted by molar-refractivity contribution is 8.02. The maximum atomic E-state index is 4.44. The molecule has 2 aliphatic carbocycles. The van der Waals surface area contributed by atoms with Crippen molar-refractivity contribution in [2.45, 2.75) is 48.3 Å². The molecule has 0 unspecified atom stereocenters. The maximum absolute atomic E-state index is 4.44. The Labute approximate surface area is 70.8 Å². The Morgan fingerprint density at radius 1 is 0.818 bits per heavy atom. The van der Waals surface area contributed by atoms with Gasteiger partial charge in [-0.15, -0.1) is 0 Å². The third-order valence-electron chi connectivity index (χ3n) is 3.06. The van der Waals surface area contributed by atoms with Crippen molar-refractivity contribution in [3.8, 4) is 0 Å². The van der Waals surface area contributed by atoms with Gasteiger partial charge in [0.2, 0.25) is 0 Å². The van der Waals surface area contributed by atoms with Gasteiger partial charge in [0.25, 0.3) is 0 Å². The zero-order valence-corrected chi connectivity index (χ0v) is 7.36. The summed E-state index contributed by atoms with van der Waals surface area (Å²) in [5.74, 6) is 0. The smallest absolute Gasteiger partial charge is 0.129 e. The molecular weight excluding hydrogens is 156 g/mol. The molecule has 1 aliphatic heterocycles. The molecule has 11 heavy (non-hydrogen) atoms. The fourth-order valence-electron chi connectivity index (χ4n) is 1.94. The highest BCUT2D eigenvalue weighted by Gasteiger charge is 2.53. The normalized spacial score (nSPS) is 35.6. The van der Waals surface area contributed by atoms with Crippen molar-refractivity contribution < 1.29 is 0 Å². The predicted molar refractivity (Wildman–Crippen MR) is 45.6 cm³/mol. The summed E-state index contributed by atoms with van der Waals surface area (Å²) in [6.45, 7) is 0. The molecule has 2 spiro atoms. The van der Waals surface area contributed by atoms with E-state index in [9.17, 15) is 0 Å². The van der Waals surface area contributed by atoms with Crippen molar-refractivity contribution in [3.05, 3.63) is 0 Å². The molecule has 2 saturated carbocycles. The lowest BCUT2D eigenvalue weighted by Crippen LogP contribution is -2.35. The van der Waals surface area contributed by atoms with E-state index < -0.39 is 0 Å². The molecule has 0 aromatic rings. The second kappa shape index (κ2) is 1.82. The first-order valence-electron chi connectivity index (χ1n) is 4.47. The highest BCUT2D eigenvalue weighted by atomic mass is 32.2. The van der Waals surface area contributed by atoms with Crippen LogP contribution in [0.25, 0.3) is 0 Å². The molecule has 1 heterocycles. The Kier molecular flexibility index (Phi) is 1.07. The van der Waals surface area contributed by atoms with E-state index in [2.05, 4.69) is 22.0 Å². The fourth-order valence-corrected chi connectivity index (χ4v) is 3.80. The van der Waals surface area contributed by atoms with E-state index in [4.69, 9.17) is 0 Å². The minimum absolute atomic E-state index is 0.278. The zero-order chi connectivity index (χ0) is 7.36. The van der Waals surface area contributed by atoms with Crippen molar-refractivity contribution in [2.75, 3.05) is 0 Å². The van der Waals surface area contributed by atoms with Crippen LogP contribution in [0, 0.1) is 0 Å². The molecule has 3 heteroatoms. The lowest BCUT2D eigenvalue weighted by Gasteiger charge is -2.39. The van der Waals surface area contributed by atoms with Gasteiger partial charge in [-0.05, 0) is 38.5 Å². The SMILES string of the molecule is C1CC2(C1)N=NC1(CCC1)S2. The molecule has 2 nitrogen and oxygen atoms in total. The predicted octanol–water partition coefficient (Wildman–Crippen LogP) is 2.95. The molecule has 0 amide bonds. The number of hydrogen-bond donors (Lipinski definition) is 0. The van der Waals surface area contributed by atoms with Gasteiger partial charge in [-0.25, -0.2) is 0 Å². The van der Waals surface area contributed by atoms with E-state index in [1.807, 2.05) is 0 Å². The summed E-state index contributed by atoms with van der Waals surface area (Å²) >= 11 is 2.06. The molecule has 0 N–H and O–H groups in total. The first kappa shape index (κ1) is 6.46. The van der Waals surface area contributed by atoms with Gasteiger partial charge in [-0.2, -0.15) is 10.2 Å². The van der Waals surface area contributed by atoms with E-state index >= 15 is 0 Å². The van der Waals surface area contributed by atoms with Crippen molar-refractivity contribution in [1.29, 1.82) is 0 Å². The summed E-state index contributed by atoms with van der Waals surface area (Å²) < 4.78 is 0. The van der Waals surface area contributed by atoms with Gasteiger partial charge >= 0.3 is 0 Å². The van der Waals surface area contributed by atoms with Crippen LogP contribution in [0.5, 0.6) is 0 Å². The topological polar surface area (TPSA) is 24.7 Å². The van der Waals surface area contributed by atoms with Gasteiger partial charge in [0.15, 0.2) is 0 Å². The molecule has 60 valence electrons. The van der Waals surface area contributed by atoms with E-state index in [1.54, 1.807) is 0 Å². The van der Waals surface area contributed by atoms with Crippen molar-refractivity contribution in [1.82, 2.24) is 0 Å². The van der Waals surface area contributed by atoms with Gasteiger partial charge in [-0.3, -0.25) is 0 Å². The lowest BCUT2D eigenvalue weighted by molar-refractivity contribution is 0.356. The van der Waals surface area contributed by atoms with Crippen molar-refractivity contribution in [3.63, 3.8) is 0 Å². The zero-order valence-electron chi connectivity index (χ0n) is 6.55. The number of nitrogens with zero attached hydrogens (tertiary/aromatic N) is 2. The minimum Gasteiger partial charge on any atom is -0.175 e. The number of thioether (sulfide) groups is 1. The summed E-state index contributed by atoms with van der Waals surface area (Å²) in [6.07, 6.45) is 7.85. The van der Waals surface area contributed by atoms with Crippen LogP contribution in [-0.2, 0) is 0 Å². The first-order valence-corrected chi connectivity index (χ1v) is 5.29. The average molecular weight is 168 g/mol. The molecular formula is C8H12N2S. The Morgan fingerprint density at radius 3 is 1.45 bits per heavy atom. The summed E-state index contributed by atoms with van der Waals surface area (Å²) in [4.78, 5) is 0.556. The van der Waals surface area contributed by atoms with Crippen molar-refractivity contribution >= 4 is 11.8 Å². The number of azo groups is 1. The quantitative estimate of drug-likeness (QED) is 0.545. The molecule has 3 rings (SSSR count). The maximum Gasteiger partial charge on any atom is 0.129 e. The molecule has 0 aromatic heterocycles. The van der Waals surface area contributed by atoms with Crippen LogP contribution in [0.1, 0.15) is 38.5 Å². The largest absolute Gasteiger partial charge is 0.175 e. The molecule has 0 atom stereocenters. The van der Waals surface area contributed by atoms with E-state index in [0.717, 1.165) is 0 Å². The van der Waals surface area contributed by atoms with Crippen LogP contribution in [0.2, 0.25) is 0 Å². The van der Waals surface area contributed by atoms with Gasteiger partial charge in [-0.1, -0.05) is 11.8 Å². The van der Waals surface area contributed by atoms with Crippen LogP contribution in [0.4, 0.5) is 0 Å². The summed E-state index contributed by atoms with van der Waals surface area (Å²) in [6, 6.07) is 0. The molecule has 0 saturated heterocycles. The Hall–Kier alpha value is -0.0500. The van der Waals surface area contributed by atoms with E-state index in [1.165, 1.54) is 38.5 Å². The third kappa shape index (κ3) is 0.750. The minimum atomic E-state index is 0.278. The lowest BCUT2D eigenvalue weighted by atomic mass is 9.93. The summed E-state index contributed by atoms with van der Waals surface area (Å²) in [5.41, 5.74) is 0. The standard InChI is InChI=1S/C8H12N2S/c1-3-7(4-1)9-10-8(11-7)5-2-6-8/h1-6H2.